The van der Waals surface area contributed by atoms with Gasteiger partial charge in [-0.15, -0.1) is 0 Å². The molecule has 1 saturated carbocycles. The van der Waals surface area contributed by atoms with Crippen molar-refractivity contribution in [3.8, 4) is 0 Å². The van der Waals surface area contributed by atoms with Crippen LogP contribution in [0.5, 0.6) is 0 Å². The van der Waals surface area contributed by atoms with Crippen LogP contribution in [0.2, 0.25) is 0 Å². The summed E-state index contributed by atoms with van der Waals surface area (Å²) >= 11 is 0. The number of carbonyl (C=O) groups excluding carboxylic acids is 1. The number of nitrogens with zero attached hydrogens (tertiary/aromatic N) is 1. The van der Waals surface area contributed by atoms with Crippen LogP contribution < -0.4 is 5.73 Å². The van der Waals surface area contributed by atoms with Gasteiger partial charge in [0.15, 0.2) is 0 Å². The second kappa shape index (κ2) is 4.30. The second-order valence-electron chi connectivity index (χ2n) is 4.78. The minimum Gasteiger partial charge on any atom is -0.370 e. The summed E-state index contributed by atoms with van der Waals surface area (Å²) in [6.45, 7) is 3.29. The van der Waals surface area contributed by atoms with Gasteiger partial charge in [-0.3, -0.25) is 4.79 Å². The summed E-state index contributed by atoms with van der Waals surface area (Å²) in [6.07, 6.45) is 6.14. The molecule has 1 heterocycles. The minimum atomic E-state index is -0.167. The first kappa shape index (κ1) is 9.97. The molecule has 0 spiro atoms. The fraction of sp³-hybridized carbons (Fsp3) is 0.909. The van der Waals surface area contributed by atoms with Gasteiger partial charge in [0.1, 0.15) is 0 Å². The second-order valence-corrected chi connectivity index (χ2v) is 4.78. The molecule has 2 rings (SSSR count). The number of fused-ring (bicyclic) bond motifs is 1. The lowest BCUT2D eigenvalue weighted by Gasteiger charge is -2.23. The van der Waals surface area contributed by atoms with Gasteiger partial charge in [0.2, 0.25) is 5.91 Å². The molecule has 0 aromatic carbocycles. The molecule has 2 atom stereocenters. The lowest BCUT2D eigenvalue weighted by atomic mass is 9.82. The van der Waals surface area contributed by atoms with E-state index in [0.29, 0.717) is 6.42 Å². The largest absolute Gasteiger partial charge is 0.370 e. The third-order valence-corrected chi connectivity index (χ3v) is 3.73. The Bertz CT molecular complexity index is 203. The fourth-order valence-electron chi connectivity index (χ4n) is 2.95. The quantitative estimate of drug-likeness (QED) is 0.731. The molecular weight excluding hydrogens is 176 g/mol. The smallest absolute Gasteiger partial charge is 0.218 e. The Hall–Kier alpha value is -0.570. The number of carbonyl (C=O) groups is 1. The summed E-state index contributed by atoms with van der Waals surface area (Å²) in [5.74, 6) is 1.66. The van der Waals surface area contributed by atoms with Gasteiger partial charge in [0, 0.05) is 26.1 Å². The normalized spacial score (nSPS) is 32.9. The Morgan fingerprint density at radius 1 is 1.21 bits per heavy atom. The summed E-state index contributed by atoms with van der Waals surface area (Å²) in [7, 11) is 0. The maximum absolute atomic E-state index is 10.7. The third kappa shape index (κ3) is 2.27. The molecule has 2 fully saturated rings. The van der Waals surface area contributed by atoms with Crippen molar-refractivity contribution in [1.29, 1.82) is 0 Å². The monoisotopic (exact) mass is 196 g/mol. The van der Waals surface area contributed by atoms with Crippen LogP contribution in [0.3, 0.4) is 0 Å². The number of amides is 1. The molecule has 3 heteroatoms. The van der Waals surface area contributed by atoms with Crippen LogP contribution >= 0.6 is 0 Å². The van der Waals surface area contributed by atoms with Crippen LogP contribution in [0.25, 0.3) is 0 Å². The van der Waals surface area contributed by atoms with Crippen molar-refractivity contribution in [3.05, 3.63) is 0 Å². The summed E-state index contributed by atoms with van der Waals surface area (Å²) in [6, 6.07) is 0. The molecule has 1 aliphatic heterocycles. The van der Waals surface area contributed by atoms with Crippen molar-refractivity contribution in [1.82, 2.24) is 4.90 Å². The van der Waals surface area contributed by atoms with Gasteiger partial charge in [-0.05, 0) is 24.7 Å². The molecule has 1 aliphatic carbocycles. The van der Waals surface area contributed by atoms with E-state index < -0.39 is 0 Å². The van der Waals surface area contributed by atoms with E-state index in [1.165, 1.54) is 38.8 Å². The molecule has 14 heavy (non-hydrogen) atoms. The summed E-state index contributed by atoms with van der Waals surface area (Å²) in [4.78, 5) is 13.1. The minimum absolute atomic E-state index is 0.167. The molecule has 2 aliphatic rings. The highest BCUT2D eigenvalue weighted by Gasteiger charge is 2.33. The molecule has 80 valence electrons. The van der Waals surface area contributed by atoms with Gasteiger partial charge in [-0.25, -0.2) is 0 Å². The van der Waals surface area contributed by atoms with Gasteiger partial charge in [0.05, 0.1) is 0 Å². The first-order valence-corrected chi connectivity index (χ1v) is 5.76. The van der Waals surface area contributed by atoms with Crippen molar-refractivity contribution in [2.24, 2.45) is 17.6 Å². The van der Waals surface area contributed by atoms with Crippen molar-refractivity contribution >= 4 is 5.91 Å². The molecule has 2 unspecified atom stereocenters. The van der Waals surface area contributed by atoms with Gasteiger partial charge in [-0.1, -0.05) is 12.8 Å². The van der Waals surface area contributed by atoms with Crippen LogP contribution in [0.1, 0.15) is 32.1 Å². The molecule has 0 aromatic rings. The average Bonchev–Trinajstić information content (AvgIpc) is 2.57. The standard InChI is InChI=1S/C11H20N2O/c12-11(14)5-6-13-7-9-3-1-2-4-10(9)8-13/h9-10H,1-8H2,(H2,12,14). The number of hydrogen-bond donors (Lipinski definition) is 1. The summed E-state index contributed by atoms with van der Waals surface area (Å²) < 4.78 is 0. The van der Waals surface area contributed by atoms with Crippen molar-refractivity contribution < 1.29 is 4.79 Å². The van der Waals surface area contributed by atoms with Crippen LogP contribution in [0.15, 0.2) is 0 Å². The maximum atomic E-state index is 10.7. The Morgan fingerprint density at radius 3 is 2.29 bits per heavy atom. The highest BCUT2D eigenvalue weighted by atomic mass is 16.1. The molecule has 1 amide bonds. The van der Waals surface area contributed by atoms with Crippen molar-refractivity contribution in [2.75, 3.05) is 19.6 Å². The first-order valence-electron chi connectivity index (χ1n) is 5.76. The molecule has 1 saturated heterocycles. The maximum Gasteiger partial charge on any atom is 0.218 e. The molecule has 0 radical (unpaired) electrons. The SMILES string of the molecule is NC(=O)CCN1CC2CCCCC2C1. The number of likely N-dealkylation sites (tertiary alicyclic amines) is 1. The Kier molecular flexibility index (Phi) is 3.06. The zero-order valence-corrected chi connectivity index (χ0v) is 8.74. The zero-order valence-electron chi connectivity index (χ0n) is 8.74. The fourth-order valence-corrected chi connectivity index (χ4v) is 2.95. The Balaban J connectivity index is 1.78. The van der Waals surface area contributed by atoms with E-state index in [1.807, 2.05) is 0 Å². The predicted octanol–water partition coefficient (Wildman–Crippen LogP) is 0.984. The van der Waals surface area contributed by atoms with Crippen molar-refractivity contribution in [3.63, 3.8) is 0 Å². The molecule has 3 nitrogen and oxygen atoms in total. The van der Waals surface area contributed by atoms with Crippen molar-refractivity contribution in [2.45, 2.75) is 32.1 Å². The Morgan fingerprint density at radius 2 is 1.79 bits per heavy atom. The van der Waals surface area contributed by atoms with E-state index in [1.54, 1.807) is 0 Å². The number of primary amides is 1. The van der Waals surface area contributed by atoms with E-state index in [0.717, 1.165) is 18.4 Å². The predicted molar refractivity (Wildman–Crippen MR) is 55.7 cm³/mol. The summed E-state index contributed by atoms with van der Waals surface area (Å²) in [5, 5.41) is 0. The van der Waals surface area contributed by atoms with Crippen LogP contribution in [0, 0.1) is 11.8 Å². The van der Waals surface area contributed by atoms with E-state index in [-0.39, 0.29) is 5.91 Å². The molecule has 0 bridgehead atoms. The van der Waals surface area contributed by atoms with Crippen LogP contribution in [0.4, 0.5) is 0 Å². The van der Waals surface area contributed by atoms with Gasteiger partial charge < -0.3 is 10.6 Å². The lowest BCUT2D eigenvalue weighted by molar-refractivity contribution is -0.118. The Labute approximate surface area is 85.6 Å². The lowest BCUT2D eigenvalue weighted by Crippen LogP contribution is -2.26. The van der Waals surface area contributed by atoms with E-state index in [4.69, 9.17) is 5.73 Å². The molecule has 2 N–H and O–H groups in total. The number of rotatable bonds is 3. The van der Waals surface area contributed by atoms with E-state index in [2.05, 4.69) is 4.90 Å². The zero-order chi connectivity index (χ0) is 9.97. The van der Waals surface area contributed by atoms with E-state index >= 15 is 0 Å². The van der Waals surface area contributed by atoms with Gasteiger partial charge in [-0.2, -0.15) is 0 Å². The number of nitrogens with two attached hydrogens (primary N) is 1. The molecule has 0 aromatic heterocycles. The van der Waals surface area contributed by atoms with Crippen LogP contribution in [-0.2, 0) is 4.79 Å². The third-order valence-electron chi connectivity index (χ3n) is 3.73. The average molecular weight is 196 g/mol. The molecular formula is C11H20N2O. The van der Waals surface area contributed by atoms with Gasteiger partial charge >= 0.3 is 0 Å². The van der Waals surface area contributed by atoms with E-state index in [9.17, 15) is 4.79 Å². The topological polar surface area (TPSA) is 46.3 Å². The highest BCUT2D eigenvalue weighted by Crippen LogP contribution is 2.35. The van der Waals surface area contributed by atoms with Gasteiger partial charge in [0.25, 0.3) is 0 Å². The highest BCUT2D eigenvalue weighted by molar-refractivity contribution is 5.73. The first-order chi connectivity index (χ1) is 6.75. The summed E-state index contributed by atoms with van der Waals surface area (Å²) in [5.41, 5.74) is 5.15. The van der Waals surface area contributed by atoms with Crippen LogP contribution in [-0.4, -0.2) is 30.4 Å². The number of hydrogen-bond acceptors (Lipinski definition) is 2.